The van der Waals surface area contributed by atoms with Gasteiger partial charge in [0.25, 0.3) is 0 Å². The van der Waals surface area contributed by atoms with Crippen molar-refractivity contribution < 1.29 is 4.74 Å². The van der Waals surface area contributed by atoms with Crippen LogP contribution in [0, 0.1) is 6.92 Å². The third-order valence-corrected chi connectivity index (χ3v) is 4.42. The number of ether oxygens (including phenoxy) is 1. The zero-order valence-corrected chi connectivity index (χ0v) is 19.3. The van der Waals surface area contributed by atoms with Crippen molar-refractivity contribution >= 4 is 29.9 Å². The van der Waals surface area contributed by atoms with E-state index in [9.17, 15) is 0 Å². The molecule has 29 heavy (non-hydrogen) atoms. The standard InChI is InChI=1S/C22H27N5O.HI/c1-17-8-4-7-11-21(17)28-18(2)14-25-22(23-3)26-15-19-9-5-6-10-20(19)27-13-12-24-16-27;/h4-13,16,18H,14-15H2,1-3H3,(H2,23,25,26);1H. The van der Waals surface area contributed by atoms with E-state index in [1.165, 1.54) is 0 Å². The van der Waals surface area contributed by atoms with Crippen molar-refractivity contribution in [1.29, 1.82) is 0 Å². The molecule has 0 radical (unpaired) electrons. The second-order valence-electron chi connectivity index (χ2n) is 6.60. The van der Waals surface area contributed by atoms with E-state index in [1.54, 1.807) is 19.6 Å². The van der Waals surface area contributed by atoms with E-state index in [2.05, 4.69) is 32.7 Å². The molecule has 1 heterocycles. The van der Waals surface area contributed by atoms with Crippen LogP contribution in [0.15, 0.2) is 72.2 Å². The molecule has 1 atom stereocenters. The van der Waals surface area contributed by atoms with Crippen LogP contribution in [-0.2, 0) is 6.54 Å². The number of nitrogens with one attached hydrogen (secondary N) is 2. The molecule has 0 aliphatic carbocycles. The lowest BCUT2D eigenvalue weighted by molar-refractivity contribution is 0.222. The molecule has 3 rings (SSSR count). The van der Waals surface area contributed by atoms with E-state index in [-0.39, 0.29) is 30.1 Å². The van der Waals surface area contributed by atoms with Crippen LogP contribution >= 0.6 is 24.0 Å². The maximum absolute atomic E-state index is 6.02. The van der Waals surface area contributed by atoms with Gasteiger partial charge in [-0.25, -0.2) is 4.98 Å². The Balaban J connectivity index is 0.00000300. The summed E-state index contributed by atoms with van der Waals surface area (Å²) >= 11 is 0. The first kappa shape index (κ1) is 22.7. The van der Waals surface area contributed by atoms with Crippen LogP contribution in [0.1, 0.15) is 18.1 Å². The molecule has 0 saturated carbocycles. The van der Waals surface area contributed by atoms with Gasteiger partial charge >= 0.3 is 0 Å². The third-order valence-electron chi connectivity index (χ3n) is 4.42. The minimum atomic E-state index is 0. The molecule has 7 heteroatoms. The highest BCUT2D eigenvalue weighted by molar-refractivity contribution is 14.0. The lowest BCUT2D eigenvalue weighted by Crippen LogP contribution is -2.41. The van der Waals surface area contributed by atoms with Gasteiger partial charge in [-0.1, -0.05) is 36.4 Å². The summed E-state index contributed by atoms with van der Waals surface area (Å²) in [7, 11) is 1.77. The van der Waals surface area contributed by atoms with Gasteiger partial charge in [-0.2, -0.15) is 0 Å². The van der Waals surface area contributed by atoms with Gasteiger partial charge in [0.1, 0.15) is 11.9 Å². The Bertz CT molecular complexity index is 911. The molecule has 0 saturated heterocycles. The van der Waals surface area contributed by atoms with Crippen LogP contribution in [0.2, 0.25) is 0 Å². The first-order valence-electron chi connectivity index (χ1n) is 9.40. The predicted octanol–water partition coefficient (Wildman–Crippen LogP) is 3.93. The largest absolute Gasteiger partial charge is 0.489 e. The number of hydrogen-bond donors (Lipinski definition) is 2. The number of rotatable bonds is 7. The fraction of sp³-hybridized carbons (Fsp3) is 0.273. The number of para-hydroxylation sites is 2. The van der Waals surface area contributed by atoms with Crippen LogP contribution in [0.25, 0.3) is 5.69 Å². The van der Waals surface area contributed by atoms with Crippen molar-refractivity contribution in [2.75, 3.05) is 13.6 Å². The summed E-state index contributed by atoms with van der Waals surface area (Å²) in [6, 6.07) is 16.3. The van der Waals surface area contributed by atoms with Crippen molar-refractivity contribution in [1.82, 2.24) is 20.2 Å². The number of aryl methyl sites for hydroxylation is 1. The lowest BCUT2D eigenvalue weighted by atomic mass is 10.1. The molecule has 3 aromatic rings. The zero-order valence-electron chi connectivity index (χ0n) is 17.0. The number of benzene rings is 2. The van der Waals surface area contributed by atoms with E-state index in [0.717, 1.165) is 28.5 Å². The number of aliphatic imine (C=N–C) groups is 1. The summed E-state index contributed by atoms with van der Waals surface area (Å²) in [4.78, 5) is 8.44. The molecule has 0 aliphatic heterocycles. The number of nitrogens with zero attached hydrogens (tertiary/aromatic N) is 3. The van der Waals surface area contributed by atoms with Gasteiger partial charge in [0.2, 0.25) is 0 Å². The van der Waals surface area contributed by atoms with E-state index >= 15 is 0 Å². The van der Waals surface area contributed by atoms with Crippen molar-refractivity contribution in [3.8, 4) is 11.4 Å². The van der Waals surface area contributed by atoms with Gasteiger partial charge in [0.05, 0.1) is 18.6 Å². The molecule has 1 unspecified atom stereocenters. The number of halogens is 1. The maximum atomic E-state index is 6.02. The van der Waals surface area contributed by atoms with Crippen molar-refractivity contribution in [3.05, 3.63) is 78.4 Å². The van der Waals surface area contributed by atoms with E-state index in [0.29, 0.717) is 13.1 Å². The second kappa shape index (κ2) is 11.5. The Morgan fingerprint density at radius 2 is 1.90 bits per heavy atom. The minimum absolute atomic E-state index is 0. The summed E-state index contributed by atoms with van der Waals surface area (Å²) in [6.45, 7) is 5.40. The van der Waals surface area contributed by atoms with Gasteiger partial charge in [-0.15, -0.1) is 24.0 Å². The van der Waals surface area contributed by atoms with Gasteiger partial charge in [0, 0.05) is 26.0 Å². The Morgan fingerprint density at radius 1 is 1.14 bits per heavy atom. The normalized spacial score (nSPS) is 12.0. The number of imidazole rings is 1. The molecular formula is C22H28IN5O. The summed E-state index contributed by atoms with van der Waals surface area (Å²) in [5, 5.41) is 6.70. The second-order valence-corrected chi connectivity index (χ2v) is 6.60. The molecule has 0 spiro atoms. The topological polar surface area (TPSA) is 63.5 Å². The van der Waals surface area contributed by atoms with Crippen LogP contribution in [0.4, 0.5) is 0 Å². The number of guanidine groups is 1. The molecule has 0 bridgehead atoms. The highest BCUT2D eigenvalue weighted by Gasteiger charge is 2.08. The lowest BCUT2D eigenvalue weighted by Gasteiger charge is -2.19. The molecule has 0 aliphatic rings. The van der Waals surface area contributed by atoms with Gasteiger partial charge in [-0.3, -0.25) is 4.99 Å². The average Bonchev–Trinajstić information content (AvgIpc) is 3.25. The molecule has 2 aromatic carbocycles. The molecule has 6 nitrogen and oxygen atoms in total. The molecule has 0 amide bonds. The Labute approximate surface area is 189 Å². The first-order valence-corrected chi connectivity index (χ1v) is 9.40. The minimum Gasteiger partial charge on any atom is -0.489 e. The molecule has 0 fully saturated rings. The molecular weight excluding hydrogens is 477 g/mol. The average molecular weight is 505 g/mol. The zero-order chi connectivity index (χ0) is 19.8. The van der Waals surface area contributed by atoms with Crippen LogP contribution in [-0.4, -0.2) is 35.2 Å². The van der Waals surface area contributed by atoms with Crippen LogP contribution in [0.5, 0.6) is 5.75 Å². The maximum Gasteiger partial charge on any atom is 0.191 e. The van der Waals surface area contributed by atoms with E-state index in [4.69, 9.17) is 4.74 Å². The smallest absolute Gasteiger partial charge is 0.191 e. The fourth-order valence-corrected chi connectivity index (χ4v) is 2.90. The number of aromatic nitrogens is 2. The van der Waals surface area contributed by atoms with Crippen molar-refractivity contribution in [2.24, 2.45) is 4.99 Å². The van der Waals surface area contributed by atoms with Gasteiger partial charge < -0.3 is 19.9 Å². The quantitative estimate of drug-likeness (QED) is 0.290. The summed E-state index contributed by atoms with van der Waals surface area (Å²) < 4.78 is 8.02. The van der Waals surface area contributed by atoms with Crippen molar-refractivity contribution in [3.63, 3.8) is 0 Å². The monoisotopic (exact) mass is 505 g/mol. The van der Waals surface area contributed by atoms with E-state index in [1.807, 2.05) is 61.0 Å². The first-order chi connectivity index (χ1) is 13.7. The third kappa shape index (κ3) is 6.49. The Morgan fingerprint density at radius 3 is 2.62 bits per heavy atom. The van der Waals surface area contributed by atoms with Crippen LogP contribution < -0.4 is 15.4 Å². The van der Waals surface area contributed by atoms with E-state index < -0.39 is 0 Å². The summed E-state index contributed by atoms with van der Waals surface area (Å²) in [5.74, 6) is 1.65. The summed E-state index contributed by atoms with van der Waals surface area (Å²) in [6.07, 6.45) is 5.53. The fourth-order valence-electron chi connectivity index (χ4n) is 2.90. The molecule has 1 aromatic heterocycles. The van der Waals surface area contributed by atoms with Gasteiger partial charge in [-0.05, 0) is 37.1 Å². The predicted molar refractivity (Wildman–Crippen MR) is 128 cm³/mol. The number of hydrogen-bond acceptors (Lipinski definition) is 3. The Hall–Kier alpha value is -2.55. The highest BCUT2D eigenvalue weighted by atomic mass is 127. The highest BCUT2D eigenvalue weighted by Crippen LogP contribution is 2.17. The summed E-state index contributed by atoms with van der Waals surface area (Å²) in [5.41, 5.74) is 3.39. The molecule has 154 valence electrons. The SMILES string of the molecule is CN=C(NCc1ccccc1-n1ccnc1)NCC(C)Oc1ccccc1C.I. The van der Waals surface area contributed by atoms with Gasteiger partial charge in [0.15, 0.2) is 5.96 Å². The Kier molecular flexibility index (Phi) is 8.98. The molecule has 2 N–H and O–H groups in total. The van der Waals surface area contributed by atoms with Crippen LogP contribution in [0.3, 0.4) is 0 Å². The van der Waals surface area contributed by atoms with Crippen molar-refractivity contribution in [2.45, 2.75) is 26.5 Å².